The van der Waals surface area contributed by atoms with Gasteiger partial charge in [0.2, 0.25) is 0 Å². The second-order valence-corrected chi connectivity index (χ2v) is 11.1. The van der Waals surface area contributed by atoms with Crippen LogP contribution in [0, 0.1) is 0 Å². The molecule has 5 rings (SSSR count). The number of fused-ring (bicyclic) bond motifs is 1. The second-order valence-electron chi connectivity index (χ2n) is 10.3. The lowest BCUT2D eigenvalue weighted by Crippen LogP contribution is -2.41. The van der Waals surface area contributed by atoms with E-state index in [4.69, 9.17) is 14.0 Å². The van der Waals surface area contributed by atoms with Gasteiger partial charge >= 0.3 is 7.69 Å². The Kier molecular flexibility index (Phi) is 7.65. The molecule has 0 N–H and O–H groups in total. The van der Waals surface area contributed by atoms with E-state index < -0.39 is 0 Å². The number of nitrogens with zero attached hydrogens (tertiary/aromatic N) is 2. The molecule has 3 aromatic rings. The minimum atomic E-state index is -0.188. The minimum Gasteiger partial charge on any atom is -0.491 e. The Labute approximate surface area is 208 Å². The molecule has 7 heteroatoms. The van der Waals surface area contributed by atoms with Crippen molar-refractivity contribution in [2.75, 3.05) is 0 Å². The zero-order valence-electron chi connectivity index (χ0n) is 21.3. The summed E-state index contributed by atoms with van der Waals surface area (Å²) in [5.41, 5.74) is 4.46. The van der Waals surface area contributed by atoms with Crippen molar-refractivity contribution < 1.29 is 14.0 Å². The highest BCUT2D eigenvalue weighted by molar-refractivity contribution is 7.13. The molecule has 2 aromatic carbocycles. The van der Waals surface area contributed by atoms with Crippen molar-refractivity contribution in [2.24, 2.45) is 0 Å². The van der Waals surface area contributed by atoms with Gasteiger partial charge in [0, 0.05) is 5.56 Å². The topological polar surface area (TPSA) is 53.5 Å². The van der Waals surface area contributed by atoms with Crippen molar-refractivity contribution in [3.05, 3.63) is 42.0 Å². The molecule has 2 heterocycles. The van der Waals surface area contributed by atoms with Gasteiger partial charge in [-0.05, 0) is 94.6 Å². The van der Waals surface area contributed by atoms with E-state index in [9.17, 15) is 0 Å². The summed E-state index contributed by atoms with van der Waals surface area (Å²) in [7, 11) is 1.42. The molecule has 1 aliphatic carbocycles. The molecule has 1 unspecified atom stereocenters. The van der Waals surface area contributed by atoms with Gasteiger partial charge in [-0.1, -0.05) is 48.5 Å². The Morgan fingerprint density at radius 2 is 1.68 bits per heavy atom. The Hall–Kier alpha value is -1.96. The van der Waals surface area contributed by atoms with Crippen LogP contribution < -0.4 is 4.74 Å². The molecule has 0 spiro atoms. The van der Waals surface area contributed by atoms with E-state index in [1.54, 1.807) is 0 Å². The van der Waals surface area contributed by atoms with Crippen LogP contribution >= 0.6 is 11.5 Å². The summed E-state index contributed by atoms with van der Waals surface area (Å²) in [6, 6.07) is 12.9. The molecular formula is C27H36BN2O3S. The molecule has 1 atom stereocenters. The number of aromatic nitrogens is 2. The van der Waals surface area contributed by atoms with Gasteiger partial charge in [0.05, 0.1) is 22.0 Å². The summed E-state index contributed by atoms with van der Waals surface area (Å²) in [5.74, 6) is 1.61. The first-order valence-electron chi connectivity index (χ1n) is 12.4. The van der Waals surface area contributed by atoms with E-state index in [1.165, 1.54) is 66.3 Å². The zero-order chi connectivity index (χ0) is 24.3. The Bertz CT molecular complexity index is 1080. The normalized spacial score (nSPS) is 19.9. The standard InChI is InChI=1S/C21H24N2OS.C6H12BO2/c1-3-14(2)24-17-10-8-16(9-11-17)18-12-13-19(15-6-4-5-7-15)21-20(18)22-23-25-21;1-5(2)6(3,4)9-7-8-5/h8-15H,3-7H2,1-2H3;1-4H3. The quantitative estimate of drug-likeness (QED) is 0.359. The van der Waals surface area contributed by atoms with Gasteiger partial charge in [0.1, 0.15) is 11.3 Å². The molecule has 1 saturated carbocycles. The van der Waals surface area contributed by atoms with E-state index >= 15 is 0 Å². The highest BCUT2D eigenvalue weighted by Crippen LogP contribution is 2.41. The van der Waals surface area contributed by atoms with Gasteiger partial charge in [-0.15, -0.1) is 5.10 Å². The number of rotatable bonds is 5. The van der Waals surface area contributed by atoms with Crippen LogP contribution in [-0.4, -0.2) is 34.6 Å². The molecule has 0 amide bonds. The van der Waals surface area contributed by atoms with Crippen LogP contribution in [0.3, 0.4) is 0 Å². The number of hydrogen-bond acceptors (Lipinski definition) is 6. The van der Waals surface area contributed by atoms with Gasteiger partial charge < -0.3 is 14.0 Å². The first kappa shape index (κ1) is 25.1. The molecule has 181 valence electrons. The van der Waals surface area contributed by atoms with Crippen molar-refractivity contribution in [3.63, 3.8) is 0 Å². The average molecular weight is 479 g/mol. The summed E-state index contributed by atoms with van der Waals surface area (Å²) in [5, 5.41) is 4.45. The lowest BCUT2D eigenvalue weighted by Gasteiger charge is -2.32. The summed E-state index contributed by atoms with van der Waals surface area (Å²) < 4.78 is 21.8. The summed E-state index contributed by atoms with van der Waals surface area (Å²) in [6.45, 7) is 12.3. The Balaban J connectivity index is 0.000000257. The van der Waals surface area contributed by atoms with Gasteiger partial charge in [-0.2, -0.15) is 0 Å². The number of hydrogen-bond donors (Lipinski definition) is 0. The van der Waals surface area contributed by atoms with Crippen molar-refractivity contribution in [1.29, 1.82) is 0 Å². The maximum Gasteiger partial charge on any atom is 0.488 e. The van der Waals surface area contributed by atoms with Gasteiger partial charge in [-0.3, -0.25) is 0 Å². The molecule has 2 aliphatic rings. The predicted octanol–water partition coefficient (Wildman–Crippen LogP) is 7.32. The summed E-state index contributed by atoms with van der Waals surface area (Å²) in [6.07, 6.45) is 6.54. The fourth-order valence-corrected chi connectivity index (χ4v) is 5.03. The third kappa shape index (κ3) is 5.32. The van der Waals surface area contributed by atoms with Crippen LogP contribution in [0.15, 0.2) is 36.4 Å². The fraction of sp³-hybridized carbons (Fsp3) is 0.556. The molecular weight excluding hydrogens is 443 g/mol. The van der Waals surface area contributed by atoms with E-state index in [2.05, 4.69) is 59.8 Å². The summed E-state index contributed by atoms with van der Waals surface area (Å²) >= 11 is 1.54. The molecule has 0 bridgehead atoms. The van der Waals surface area contributed by atoms with Crippen LogP contribution in [0.5, 0.6) is 5.75 Å². The van der Waals surface area contributed by atoms with Crippen LogP contribution in [0.1, 0.15) is 85.1 Å². The lowest BCUT2D eigenvalue weighted by atomic mass is 9.90. The van der Waals surface area contributed by atoms with Crippen LogP contribution in [-0.2, 0) is 9.31 Å². The average Bonchev–Trinajstić information content (AvgIpc) is 3.55. The third-order valence-corrected chi connectivity index (χ3v) is 8.22. The van der Waals surface area contributed by atoms with E-state index in [0.29, 0.717) is 5.92 Å². The van der Waals surface area contributed by atoms with E-state index in [-0.39, 0.29) is 17.3 Å². The maximum atomic E-state index is 5.89. The number of ether oxygens (including phenoxy) is 1. The van der Waals surface area contributed by atoms with Crippen molar-refractivity contribution in [3.8, 4) is 16.9 Å². The molecule has 5 nitrogen and oxygen atoms in total. The van der Waals surface area contributed by atoms with Gasteiger partial charge in [0.25, 0.3) is 0 Å². The summed E-state index contributed by atoms with van der Waals surface area (Å²) in [4.78, 5) is 0. The molecule has 1 saturated heterocycles. The lowest BCUT2D eigenvalue weighted by molar-refractivity contribution is 0.00578. The van der Waals surface area contributed by atoms with Crippen molar-refractivity contribution >= 4 is 29.4 Å². The molecule has 34 heavy (non-hydrogen) atoms. The molecule has 1 radical (unpaired) electrons. The highest BCUT2D eigenvalue weighted by atomic mass is 32.1. The zero-order valence-corrected chi connectivity index (χ0v) is 22.1. The number of benzene rings is 2. The van der Waals surface area contributed by atoms with Crippen LogP contribution in [0.4, 0.5) is 0 Å². The maximum absolute atomic E-state index is 5.89. The van der Waals surface area contributed by atoms with Crippen LogP contribution in [0.2, 0.25) is 0 Å². The Morgan fingerprint density at radius 3 is 2.24 bits per heavy atom. The molecule has 1 aliphatic heterocycles. The molecule has 1 aromatic heterocycles. The predicted molar refractivity (Wildman–Crippen MR) is 141 cm³/mol. The van der Waals surface area contributed by atoms with E-state index in [1.807, 2.05) is 27.7 Å². The van der Waals surface area contributed by atoms with Crippen LogP contribution in [0.25, 0.3) is 21.3 Å². The van der Waals surface area contributed by atoms with E-state index in [0.717, 1.165) is 17.7 Å². The smallest absolute Gasteiger partial charge is 0.488 e. The van der Waals surface area contributed by atoms with Gasteiger partial charge in [-0.25, -0.2) is 0 Å². The highest BCUT2D eigenvalue weighted by Gasteiger charge is 2.44. The third-order valence-electron chi connectivity index (χ3n) is 7.44. The SMILES string of the molecule is CC1(C)O[B]OC1(C)C.CCC(C)Oc1ccc(-c2ccc(C3CCCC3)c3snnc23)cc1. The largest absolute Gasteiger partial charge is 0.491 e. The van der Waals surface area contributed by atoms with Crippen molar-refractivity contribution in [1.82, 2.24) is 9.59 Å². The first-order valence-corrected chi connectivity index (χ1v) is 13.2. The fourth-order valence-electron chi connectivity index (χ4n) is 4.25. The first-order chi connectivity index (χ1) is 16.2. The molecule has 2 fully saturated rings. The monoisotopic (exact) mass is 479 g/mol. The van der Waals surface area contributed by atoms with Gasteiger partial charge in [0.15, 0.2) is 0 Å². The van der Waals surface area contributed by atoms with Crippen molar-refractivity contribution in [2.45, 2.75) is 96.9 Å². The Morgan fingerprint density at radius 1 is 1.03 bits per heavy atom. The minimum absolute atomic E-state index is 0.187. The second kappa shape index (κ2) is 10.3.